The van der Waals surface area contributed by atoms with Crippen LogP contribution in [0.2, 0.25) is 5.02 Å². The lowest BCUT2D eigenvalue weighted by molar-refractivity contribution is 0.584. The summed E-state index contributed by atoms with van der Waals surface area (Å²) in [7, 11) is 1.90. The second-order valence-corrected chi connectivity index (χ2v) is 6.05. The van der Waals surface area contributed by atoms with E-state index in [2.05, 4.69) is 40.3 Å². The van der Waals surface area contributed by atoms with Crippen molar-refractivity contribution < 1.29 is 4.39 Å². The molecule has 0 aliphatic rings. The van der Waals surface area contributed by atoms with Crippen molar-refractivity contribution in [1.82, 2.24) is 5.32 Å². The topological polar surface area (TPSA) is 12.0 Å². The number of hydrogen-bond donors (Lipinski definition) is 1. The highest BCUT2D eigenvalue weighted by atomic mass is 79.9. The molecule has 0 aromatic heterocycles. The lowest BCUT2D eigenvalue weighted by atomic mass is 9.97. The molecule has 0 aliphatic heterocycles. The summed E-state index contributed by atoms with van der Waals surface area (Å²) in [6, 6.07) is 10.8. The number of likely N-dealkylation sites (N-methyl/N-ethyl adjacent to an activating group) is 1. The van der Waals surface area contributed by atoms with Crippen LogP contribution >= 0.6 is 27.5 Å². The van der Waals surface area contributed by atoms with Gasteiger partial charge in [-0.1, -0.05) is 39.7 Å². The van der Waals surface area contributed by atoms with E-state index in [0.29, 0.717) is 11.4 Å². The second-order valence-electron chi connectivity index (χ2n) is 4.79. The third-order valence-electron chi connectivity index (χ3n) is 3.36. The van der Waals surface area contributed by atoms with Gasteiger partial charge in [-0.25, -0.2) is 4.39 Å². The fourth-order valence-electron chi connectivity index (χ4n) is 2.19. The molecule has 2 aromatic carbocycles. The van der Waals surface area contributed by atoms with E-state index in [4.69, 9.17) is 11.6 Å². The highest BCUT2D eigenvalue weighted by Gasteiger charge is 2.13. The molecular formula is C16H16BrClFN. The van der Waals surface area contributed by atoms with Crippen molar-refractivity contribution in [2.75, 3.05) is 7.05 Å². The minimum atomic E-state index is -0.258. The molecule has 2 aromatic rings. The Labute approximate surface area is 132 Å². The van der Waals surface area contributed by atoms with Crippen LogP contribution in [-0.4, -0.2) is 7.05 Å². The standard InChI is InChI=1S/C16H16BrClFN/c1-10-7-11(3-5-14(10)17)16(20-2)9-12-8-13(19)4-6-15(12)18/h3-8,16,20H,9H2,1-2H3. The molecule has 4 heteroatoms. The Morgan fingerprint density at radius 1 is 1.25 bits per heavy atom. The molecule has 1 N–H and O–H groups in total. The molecule has 0 saturated heterocycles. The minimum Gasteiger partial charge on any atom is -0.313 e. The quantitative estimate of drug-likeness (QED) is 0.808. The molecule has 0 radical (unpaired) electrons. The Kier molecular flexibility index (Phi) is 5.19. The van der Waals surface area contributed by atoms with Gasteiger partial charge in [-0.15, -0.1) is 0 Å². The third kappa shape index (κ3) is 3.60. The molecule has 106 valence electrons. The average molecular weight is 357 g/mol. The molecule has 1 nitrogen and oxygen atoms in total. The summed E-state index contributed by atoms with van der Waals surface area (Å²) in [5, 5.41) is 3.86. The summed E-state index contributed by atoms with van der Waals surface area (Å²) < 4.78 is 14.4. The summed E-state index contributed by atoms with van der Waals surface area (Å²) in [4.78, 5) is 0. The van der Waals surface area contributed by atoms with Crippen molar-refractivity contribution >= 4 is 27.5 Å². The Bertz CT molecular complexity index is 615. The van der Waals surface area contributed by atoms with Gasteiger partial charge in [0.05, 0.1) is 0 Å². The summed E-state index contributed by atoms with van der Waals surface area (Å²) in [5.41, 5.74) is 3.15. The Balaban J connectivity index is 2.28. The second kappa shape index (κ2) is 6.70. The third-order valence-corrected chi connectivity index (χ3v) is 4.62. The lowest BCUT2D eigenvalue weighted by Gasteiger charge is -2.18. The van der Waals surface area contributed by atoms with Gasteiger partial charge in [0.1, 0.15) is 5.82 Å². The molecular weight excluding hydrogens is 341 g/mol. The van der Waals surface area contributed by atoms with Crippen LogP contribution in [0.5, 0.6) is 0 Å². The highest BCUT2D eigenvalue weighted by molar-refractivity contribution is 9.10. The van der Waals surface area contributed by atoms with Crippen LogP contribution in [0, 0.1) is 12.7 Å². The van der Waals surface area contributed by atoms with E-state index >= 15 is 0 Å². The maximum atomic E-state index is 13.3. The van der Waals surface area contributed by atoms with Crippen molar-refractivity contribution in [2.45, 2.75) is 19.4 Å². The van der Waals surface area contributed by atoms with Gasteiger partial charge in [-0.3, -0.25) is 0 Å². The fraction of sp³-hybridized carbons (Fsp3) is 0.250. The summed E-state index contributed by atoms with van der Waals surface area (Å²) >= 11 is 9.64. The van der Waals surface area contributed by atoms with Crippen molar-refractivity contribution in [1.29, 1.82) is 0 Å². The SMILES string of the molecule is CNC(Cc1cc(F)ccc1Cl)c1ccc(Br)c(C)c1. The normalized spacial score (nSPS) is 12.4. The number of halogens is 3. The molecule has 0 saturated carbocycles. The lowest BCUT2D eigenvalue weighted by Crippen LogP contribution is -2.19. The molecule has 20 heavy (non-hydrogen) atoms. The molecule has 0 heterocycles. The first-order valence-corrected chi connectivity index (χ1v) is 7.55. The molecule has 0 amide bonds. The number of rotatable bonds is 4. The predicted octanol–water partition coefficient (Wildman–Crippen LogP) is 5.05. The average Bonchev–Trinajstić information content (AvgIpc) is 2.43. The van der Waals surface area contributed by atoms with Gasteiger partial charge in [0.2, 0.25) is 0 Å². The fourth-order valence-corrected chi connectivity index (χ4v) is 2.63. The molecule has 0 aliphatic carbocycles. The molecule has 0 bridgehead atoms. The number of aryl methyl sites for hydroxylation is 1. The maximum absolute atomic E-state index is 13.3. The van der Waals surface area contributed by atoms with Gasteiger partial charge in [-0.05, 0) is 61.3 Å². The van der Waals surface area contributed by atoms with E-state index in [-0.39, 0.29) is 11.9 Å². The van der Waals surface area contributed by atoms with Crippen molar-refractivity contribution in [2.24, 2.45) is 0 Å². The number of hydrogen-bond acceptors (Lipinski definition) is 1. The molecule has 2 rings (SSSR count). The van der Waals surface area contributed by atoms with Crippen LogP contribution in [0.3, 0.4) is 0 Å². The minimum absolute atomic E-state index is 0.0982. The number of benzene rings is 2. The van der Waals surface area contributed by atoms with E-state index in [1.807, 2.05) is 13.1 Å². The molecule has 0 fully saturated rings. The van der Waals surface area contributed by atoms with Gasteiger partial charge in [0, 0.05) is 15.5 Å². The van der Waals surface area contributed by atoms with Crippen molar-refractivity contribution in [3.63, 3.8) is 0 Å². The summed E-state index contributed by atoms with van der Waals surface area (Å²) in [5.74, 6) is -0.258. The maximum Gasteiger partial charge on any atom is 0.123 e. The zero-order valence-corrected chi connectivity index (χ0v) is 13.7. The summed E-state index contributed by atoms with van der Waals surface area (Å²) in [6.45, 7) is 2.05. The number of nitrogens with one attached hydrogen (secondary N) is 1. The van der Waals surface area contributed by atoms with Gasteiger partial charge >= 0.3 is 0 Å². The Morgan fingerprint density at radius 2 is 2.00 bits per heavy atom. The van der Waals surface area contributed by atoms with Crippen LogP contribution in [0.4, 0.5) is 4.39 Å². The zero-order valence-electron chi connectivity index (χ0n) is 11.4. The van der Waals surface area contributed by atoms with Crippen molar-refractivity contribution in [3.05, 3.63) is 68.4 Å². The van der Waals surface area contributed by atoms with Crippen molar-refractivity contribution in [3.8, 4) is 0 Å². The van der Waals surface area contributed by atoms with Crippen LogP contribution in [-0.2, 0) is 6.42 Å². The van der Waals surface area contributed by atoms with E-state index in [9.17, 15) is 4.39 Å². The zero-order chi connectivity index (χ0) is 14.7. The van der Waals surface area contributed by atoms with Gasteiger partial charge < -0.3 is 5.32 Å². The first-order chi connectivity index (χ1) is 9.51. The predicted molar refractivity (Wildman–Crippen MR) is 85.8 cm³/mol. The van der Waals surface area contributed by atoms with Gasteiger partial charge in [0.25, 0.3) is 0 Å². The smallest absolute Gasteiger partial charge is 0.123 e. The first kappa shape index (κ1) is 15.5. The van der Waals surface area contributed by atoms with Crippen LogP contribution in [0.25, 0.3) is 0 Å². The molecule has 1 atom stereocenters. The largest absolute Gasteiger partial charge is 0.313 e. The van der Waals surface area contributed by atoms with Crippen LogP contribution < -0.4 is 5.32 Å². The van der Waals surface area contributed by atoms with E-state index < -0.39 is 0 Å². The summed E-state index contributed by atoms with van der Waals surface area (Å²) in [6.07, 6.45) is 0.647. The van der Waals surface area contributed by atoms with E-state index in [1.165, 1.54) is 17.7 Å². The van der Waals surface area contributed by atoms with E-state index in [0.717, 1.165) is 15.6 Å². The Hall–Kier alpha value is -0.900. The van der Waals surface area contributed by atoms with E-state index in [1.54, 1.807) is 6.07 Å². The van der Waals surface area contributed by atoms with Gasteiger partial charge in [-0.2, -0.15) is 0 Å². The monoisotopic (exact) mass is 355 g/mol. The highest BCUT2D eigenvalue weighted by Crippen LogP contribution is 2.26. The van der Waals surface area contributed by atoms with Gasteiger partial charge in [0.15, 0.2) is 0 Å². The van der Waals surface area contributed by atoms with Crippen LogP contribution in [0.1, 0.15) is 22.7 Å². The molecule has 1 unspecified atom stereocenters. The Morgan fingerprint density at radius 3 is 2.65 bits per heavy atom. The van der Waals surface area contributed by atoms with Crippen LogP contribution in [0.15, 0.2) is 40.9 Å². The molecule has 0 spiro atoms. The first-order valence-electron chi connectivity index (χ1n) is 6.38.